The Balaban J connectivity index is 3.61. The van der Waals surface area contributed by atoms with Crippen molar-refractivity contribution in [3.8, 4) is 0 Å². The van der Waals surface area contributed by atoms with E-state index in [-0.39, 0.29) is 13.0 Å². The number of allylic oxidation sites excluding steroid dienone is 2. The van der Waals surface area contributed by atoms with Crippen molar-refractivity contribution >= 4 is 11.9 Å². The summed E-state index contributed by atoms with van der Waals surface area (Å²) in [5.41, 5.74) is 0. The molecule has 1 atom stereocenters. The normalized spacial score (nSPS) is 12.2. The van der Waals surface area contributed by atoms with Crippen molar-refractivity contribution in [3.63, 3.8) is 0 Å². The van der Waals surface area contributed by atoms with Crippen LogP contribution in [0.3, 0.4) is 0 Å². The highest BCUT2D eigenvalue weighted by atomic mass is 16.5. The molecule has 0 bridgehead atoms. The third-order valence-corrected chi connectivity index (χ3v) is 4.66. The average molecular weight is 381 g/mol. The van der Waals surface area contributed by atoms with Crippen LogP contribution in [0.1, 0.15) is 96.8 Å². The van der Waals surface area contributed by atoms with Gasteiger partial charge in [0.05, 0.1) is 12.3 Å². The molecule has 27 heavy (non-hydrogen) atoms. The lowest BCUT2D eigenvalue weighted by molar-refractivity contribution is -0.152. The van der Waals surface area contributed by atoms with Gasteiger partial charge >= 0.3 is 11.9 Å². The molecule has 0 radical (unpaired) electrons. The van der Waals surface area contributed by atoms with Gasteiger partial charge in [-0.05, 0) is 25.7 Å². The molecule has 4 nitrogen and oxygen atoms in total. The second kappa shape index (κ2) is 19.2. The summed E-state index contributed by atoms with van der Waals surface area (Å²) < 4.78 is 5.00. The lowest BCUT2D eigenvalue weighted by atomic mass is 9.97. The van der Waals surface area contributed by atoms with Crippen molar-refractivity contribution in [1.29, 1.82) is 0 Å². The third kappa shape index (κ3) is 17.6. The van der Waals surface area contributed by atoms with Gasteiger partial charge in [0.15, 0.2) is 0 Å². The van der Waals surface area contributed by atoms with Gasteiger partial charge in [0.25, 0.3) is 0 Å². The van der Waals surface area contributed by atoms with Crippen LogP contribution < -0.4 is 0 Å². The van der Waals surface area contributed by atoms with Gasteiger partial charge < -0.3 is 9.84 Å². The van der Waals surface area contributed by atoms with Gasteiger partial charge in [-0.15, -0.1) is 0 Å². The van der Waals surface area contributed by atoms with E-state index >= 15 is 0 Å². The molecule has 0 saturated carbocycles. The van der Waals surface area contributed by atoms with E-state index in [2.05, 4.69) is 25.7 Å². The van der Waals surface area contributed by atoms with E-state index in [1.54, 1.807) is 0 Å². The molecule has 4 heteroatoms. The predicted octanol–water partition coefficient (Wildman–Crippen LogP) is 6.45. The number of ether oxygens (including phenoxy) is 1. The van der Waals surface area contributed by atoms with Gasteiger partial charge in [0.1, 0.15) is 6.61 Å². The van der Waals surface area contributed by atoms with Crippen LogP contribution >= 0.6 is 0 Å². The van der Waals surface area contributed by atoms with Crippen molar-refractivity contribution in [3.05, 3.63) is 24.8 Å². The number of hydrogen-bond donors (Lipinski definition) is 1. The summed E-state index contributed by atoms with van der Waals surface area (Å²) in [7, 11) is 0. The number of carbonyl (C=O) groups is 2. The molecule has 0 aliphatic rings. The molecule has 1 unspecified atom stereocenters. The lowest BCUT2D eigenvalue weighted by Gasteiger charge is -2.13. The number of esters is 1. The Morgan fingerprint density at radius 2 is 1.48 bits per heavy atom. The Morgan fingerprint density at radius 3 is 2.04 bits per heavy atom. The third-order valence-electron chi connectivity index (χ3n) is 4.66. The van der Waals surface area contributed by atoms with Crippen LogP contribution in [0.2, 0.25) is 0 Å². The van der Waals surface area contributed by atoms with Gasteiger partial charge in [-0.3, -0.25) is 9.59 Å². The Kier molecular flexibility index (Phi) is 18.1. The first-order valence-corrected chi connectivity index (χ1v) is 10.8. The van der Waals surface area contributed by atoms with Crippen LogP contribution in [-0.2, 0) is 14.3 Å². The van der Waals surface area contributed by atoms with Gasteiger partial charge in [-0.1, -0.05) is 89.5 Å². The predicted molar refractivity (Wildman–Crippen MR) is 112 cm³/mol. The lowest BCUT2D eigenvalue weighted by Crippen LogP contribution is -2.21. The number of rotatable bonds is 19. The number of carbonyl (C=O) groups excluding carboxylic acids is 1. The van der Waals surface area contributed by atoms with Crippen LogP contribution in [0.4, 0.5) is 0 Å². The number of carboxylic acids is 1. The summed E-state index contributed by atoms with van der Waals surface area (Å²) in [5.74, 6) is -1.90. The first kappa shape index (κ1) is 25.4. The molecule has 0 heterocycles. The van der Waals surface area contributed by atoms with Crippen LogP contribution in [0.15, 0.2) is 24.8 Å². The monoisotopic (exact) mass is 380 g/mol. The van der Waals surface area contributed by atoms with Crippen LogP contribution in [0.5, 0.6) is 0 Å². The number of aliphatic carboxylic acids is 1. The molecule has 0 aliphatic heterocycles. The van der Waals surface area contributed by atoms with Crippen LogP contribution in [0, 0.1) is 5.92 Å². The molecule has 0 amide bonds. The maximum atomic E-state index is 11.9. The van der Waals surface area contributed by atoms with E-state index in [4.69, 9.17) is 9.84 Å². The van der Waals surface area contributed by atoms with E-state index in [1.165, 1.54) is 63.9 Å². The number of unbranched alkanes of at least 4 members (excludes halogenated alkanes) is 10. The van der Waals surface area contributed by atoms with Crippen LogP contribution in [-0.4, -0.2) is 23.7 Å². The highest BCUT2D eigenvalue weighted by molar-refractivity contribution is 5.79. The highest BCUT2D eigenvalue weighted by Crippen LogP contribution is 2.17. The maximum absolute atomic E-state index is 11.9. The molecular formula is C23H40O4. The van der Waals surface area contributed by atoms with E-state index in [9.17, 15) is 9.59 Å². The fourth-order valence-corrected chi connectivity index (χ4v) is 3.04. The SMILES string of the molecule is C=CCOC(=O)C(CCCCCCCCCC/C=C/CCCC)CC(=O)O. The number of carboxylic acid groups (broad SMARTS) is 1. The van der Waals surface area contributed by atoms with Gasteiger partial charge in [0, 0.05) is 0 Å². The molecule has 0 aromatic heterocycles. The first-order chi connectivity index (χ1) is 13.1. The molecule has 0 rings (SSSR count). The smallest absolute Gasteiger partial charge is 0.309 e. The van der Waals surface area contributed by atoms with Crippen molar-refractivity contribution < 1.29 is 19.4 Å². The number of hydrogen-bond acceptors (Lipinski definition) is 3. The van der Waals surface area contributed by atoms with E-state index in [1.807, 2.05) is 0 Å². The zero-order valence-electron chi connectivity index (χ0n) is 17.3. The quantitative estimate of drug-likeness (QED) is 0.159. The molecule has 0 aliphatic carbocycles. The summed E-state index contributed by atoms with van der Waals surface area (Å²) >= 11 is 0. The average Bonchev–Trinajstić information content (AvgIpc) is 2.65. The minimum Gasteiger partial charge on any atom is -0.481 e. The Labute approximate surface area is 166 Å². The molecule has 0 aromatic rings. The highest BCUT2D eigenvalue weighted by Gasteiger charge is 2.22. The van der Waals surface area contributed by atoms with Crippen LogP contribution in [0.25, 0.3) is 0 Å². The van der Waals surface area contributed by atoms with E-state index in [0.717, 1.165) is 19.3 Å². The molecular weight excluding hydrogens is 340 g/mol. The summed E-state index contributed by atoms with van der Waals surface area (Å²) in [4.78, 5) is 22.8. The van der Waals surface area contributed by atoms with E-state index < -0.39 is 17.9 Å². The zero-order chi connectivity index (χ0) is 20.2. The van der Waals surface area contributed by atoms with Gasteiger partial charge in [0.2, 0.25) is 0 Å². The summed E-state index contributed by atoms with van der Waals surface area (Å²) in [6.45, 7) is 5.86. The largest absolute Gasteiger partial charge is 0.481 e. The zero-order valence-corrected chi connectivity index (χ0v) is 17.3. The molecule has 0 aromatic carbocycles. The minimum absolute atomic E-state index is 0.142. The Morgan fingerprint density at radius 1 is 0.926 bits per heavy atom. The van der Waals surface area contributed by atoms with Gasteiger partial charge in [-0.25, -0.2) is 0 Å². The summed E-state index contributed by atoms with van der Waals surface area (Å²) in [5, 5.41) is 8.94. The molecule has 0 spiro atoms. The summed E-state index contributed by atoms with van der Waals surface area (Å²) in [6.07, 6.45) is 21.0. The second-order valence-corrected chi connectivity index (χ2v) is 7.23. The maximum Gasteiger partial charge on any atom is 0.309 e. The van der Waals surface area contributed by atoms with Crippen molar-refractivity contribution in [2.75, 3.05) is 6.61 Å². The Bertz CT molecular complexity index is 415. The minimum atomic E-state index is -0.948. The standard InChI is InChI=1S/C23H40O4/c1-3-5-6-7-8-9-10-11-12-13-14-15-16-17-18-21(20-22(24)25)23(26)27-19-4-2/h4,7-8,21H,2-3,5-6,9-20H2,1H3,(H,24,25)/b8-7+. The topological polar surface area (TPSA) is 63.6 Å². The van der Waals surface area contributed by atoms with E-state index in [0.29, 0.717) is 6.42 Å². The second-order valence-electron chi connectivity index (χ2n) is 7.23. The van der Waals surface area contributed by atoms with Crippen molar-refractivity contribution in [2.24, 2.45) is 5.92 Å². The molecule has 156 valence electrons. The van der Waals surface area contributed by atoms with Gasteiger partial charge in [-0.2, -0.15) is 0 Å². The molecule has 1 N–H and O–H groups in total. The first-order valence-electron chi connectivity index (χ1n) is 10.8. The Hall–Kier alpha value is -1.58. The molecule has 0 saturated heterocycles. The fourth-order valence-electron chi connectivity index (χ4n) is 3.04. The fraction of sp³-hybridized carbons (Fsp3) is 0.739. The van der Waals surface area contributed by atoms with Crippen molar-refractivity contribution in [1.82, 2.24) is 0 Å². The van der Waals surface area contributed by atoms with Crippen molar-refractivity contribution in [2.45, 2.75) is 96.8 Å². The molecule has 0 fully saturated rings. The summed E-state index contributed by atoms with van der Waals surface area (Å²) in [6, 6.07) is 0.